The van der Waals surface area contributed by atoms with Crippen molar-refractivity contribution in [3.05, 3.63) is 47.5 Å². The van der Waals surface area contributed by atoms with Gasteiger partial charge < -0.3 is 25.5 Å². The van der Waals surface area contributed by atoms with Crippen molar-refractivity contribution in [1.82, 2.24) is 20.4 Å². The number of nitrogens with one attached hydrogen (secondary N) is 2. The zero-order valence-electron chi connectivity index (χ0n) is 19.3. The molecule has 7 nitrogen and oxygen atoms in total. The molecule has 2 aromatic rings. The summed E-state index contributed by atoms with van der Waals surface area (Å²) in [4.78, 5) is 29.2. The zero-order chi connectivity index (χ0) is 22.9. The first-order valence-electron chi connectivity index (χ1n) is 12.2. The Hall–Kier alpha value is -2.80. The Bertz CT molecular complexity index is 1030. The summed E-state index contributed by atoms with van der Waals surface area (Å²) in [5.74, 6) is 0.703. The molecule has 2 aromatic carbocycles. The second-order valence-corrected chi connectivity index (χ2v) is 9.91. The van der Waals surface area contributed by atoms with Gasteiger partial charge in [0.15, 0.2) is 0 Å². The minimum absolute atomic E-state index is 0.0174. The van der Waals surface area contributed by atoms with Gasteiger partial charge in [-0.25, -0.2) is 9.59 Å². The Morgan fingerprint density at radius 1 is 1.03 bits per heavy atom. The monoisotopic (exact) mass is 450 g/mol. The van der Waals surface area contributed by atoms with E-state index in [4.69, 9.17) is 0 Å². The van der Waals surface area contributed by atoms with Crippen LogP contribution in [0.1, 0.15) is 49.1 Å². The Labute approximate surface area is 195 Å². The molecule has 2 saturated carbocycles. The number of hydrogen-bond donors (Lipinski definition) is 3. The molecule has 3 N–H and O–H groups in total. The van der Waals surface area contributed by atoms with E-state index >= 15 is 0 Å². The second-order valence-electron chi connectivity index (χ2n) is 9.91. The quantitative estimate of drug-likeness (QED) is 0.631. The van der Waals surface area contributed by atoms with Gasteiger partial charge in [0.1, 0.15) is 0 Å². The molecule has 176 valence electrons. The number of rotatable bonds is 6. The third-order valence-corrected chi connectivity index (χ3v) is 7.26. The largest absolute Gasteiger partial charge is 0.396 e. The molecule has 0 aromatic heterocycles. The van der Waals surface area contributed by atoms with Crippen LogP contribution in [0.5, 0.6) is 0 Å². The Morgan fingerprint density at radius 2 is 1.82 bits per heavy atom. The van der Waals surface area contributed by atoms with Crippen LogP contribution in [0.15, 0.2) is 36.4 Å². The van der Waals surface area contributed by atoms with Crippen LogP contribution in [0.2, 0.25) is 0 Å². The van der Waals surface area contributed by atoms with Gasteiger partial charge in [0.05, 0.1) is 6.04 Å². The number of carbonyl (C=O) groups is 2. The number of amides is 4. The predicted octanol–water partition coefficient (Wildman–Crippen LogP) is 3.41. The summed E-state index contributed by atoms with van der Waals surface area (Å²) in [6, 6.07) is 13.0. The second kappa shape index (κ2) is 9.21. The van der Waals surface area contributed by atoms with Crippen LogP contribution in [0.4, 0.5) is 9.59 Å². The molecule has 0 radical (unpaired) electrons. The third-order valence-electron chi connectivity index (χ3n) is 7.26. The molecule has 2 aliphatic carbocycles. The lowest BCUT2D eigenvalue weighted by atomic mass is 9.94. The Balaban J connectivity index is 1.27. The molecule has 1 heterocycles. The Morgan fingerprint density at radius 3 is 2.52 bits per heavy atom. The van der Waals surface area contributed by atoms with E-state index in [0.717, 1.165) is 24.3 Å². The predicted molar refractivity (Wildman–Crippen MR) is 128 cm³/mol. The van der Waals surface area contributed by atoms with E-state index in [2.05, 4.69) is 47.0 Å². The summed E-state index contributed by atoms with van der Waals surface area (Å²) in [5, 5.41) is 18.0. The fraction of sp³-hybridized carbons (Fsp3) is 0.538. The maximum Gasteiger partial charge on any atom is 0.318 e. The average molecular weight is 451 g/mol. The van der Waals surface area contributed by atoms with Crippen LogP contribution in [0.25, 0.3) is 10.8 Å². The highest BCUT2D eigenvalue weighted by molar-refractivity contribution is 5.84. The Kier molecular flexibility index (Phi) is 6.15. The molecule has 33 heavy (non-hydrogen) atoms. The van der Waals surface area contributed by atoms with Crippen LogP contribution in [0.3, 0.4) is 0 Å². The van der Waals surface area contributed by atoms with Crippen molar-refractivity contribution in [2.24, 2.45) is 5.92 Å². The van der Waals surface area contributed by atoms with Gasteiger partial charge in [-0.15, -0.1) is 0 Å². The fourth-order valence-electron chi connectivity index (χ4n) is 5.18. The first kappa shape index (κ1) is 22.0. The number of aliphatic hydroxyl groups is 1. The van der Waals surface area contributed by atoms with E-state index in [-0.39, 0.29) is 36.7 Å². The van der Waals surface area contributed by atoms with Gasteiger partial charge in [0.2, 0.25) is 0 Å². The van der Waals surface area contributed by atoms with Gasteiger partial charge in [-0.05, 0) is 66.0 Å². The SMILES string of the molecule is CNC(=O)N1C[C@@H](CO)C[C@@H](N(C(=O)NCc2ccc3ccc(C4CC4)cc3c2)C2CC2)C1. The van der Waals surface area contributed by atoms with E-state index in [1.807, 2.05) is 4.90 Å². The van der Waals surface area contributed by atoms with E-state index in [9.17, 15) is 14.7 Å². The number of nitrogens with zero attached hydrogens (tertiary/aromatic N) is 2. The van der Waals surface area contributed by atoms with Gasteiger partial charge in [-0.3, -0.25) is 0 Å². The number of likely N-dealkylation sites (tertiary alicyclic amines) is 1. The molecule has 2 atom stereocenters. The molecular weight excluding hydrogens is 416 g/mol. The van der Waals surface area contributed by atoms with Crippen LogP contribution >= 0.6 is 0 Å². The van der Waals surface area contributed by atoms with Gasteiger partial charge in [-0.1, -0.05) is 30.3 Å². The number of urea groups is 2. The summed E-state index contributed by atoms with van der Waals surface area (Å²) < 4.78 is 0. The van der Waals surface area contributed by atoms with E-state index in [1.165, 1.54) is 29.2 Å². The number of hydrogen-bond acceptors (Lipinski definition) is 3. The standard InChI is InChI=1S/C26H34N4O3/c1-27-25(32)29-14-18(16-31)11-24(15-29)30(23-8-9-23)26(33)28-13-17-2-3-20-6-7-21(19-4-5-19)12-22(20)10-17/h2-3,6-7,10,12,18-19,23-24,31H,4-5,8-9,11,13-16H2,1H3,(H,27,32)(H,28,33)/t18-,24+/m0/s1. The minimum Gasteiger partial charge on any atom is -0.396 e. The van der Waals surface area contributed by atoms with E-state index < -0.39 is 0 Å². The highest BCUT2D eigenvalue weighted by Gasteiger charge is 2.41. The van der Waals surface area contributed by atoms with Gasteiger partial charge in [0, 0.05) is 45.2 Å². The van der Waals surface area contributed by atoms with Gasteiger partial charge >= 0.3 is 12.1 Å². The van der Waals surface area contributed by atoms with Crippen LogP contribution in [-0.4, -0.2) is 65.8 Å². The van der Waals surface area contributed by atoms with E-state index in [1.54, 1.807) is 11.9 Å². The van der Waals surface area contributed by atoms with E-state index in [0.29, 0.717) is 26.1 Å². The van der Waals surface area contributed by atoms with Crippen molar-refractivity contribution in [3.63, 3.8) is 0 Å². The number of aliphatic hydroxyl groups excluding tert-OH is 1. The number of carbonyl (C=O) groups excluding carboxylic acids is 2. The lowest BCUT2D eigenvalue weighted by Crippen LogP contribution is -2.58. The molecule has 3 fully saturated rings. The normalized spacial score (nSPS) is 22.8. The van der Waals surface area contributed by atoms with Crippen molar-refractivity contribution < 1.29 is 14.7 Å². The molecule has 1 saturated heterocycles. The summed E-state index contributed by atoms with van der Waals surface area (Å²) in [6.45, 7) is 1.51. The number of piperidine rings is 1. The molecule has 0 spiro atoms. The number of benzene rings is 2. The van der Waals surface area contributed by atoms with Crippen molar-refractivity contribution in [2.45, 2.75) is 56.7 Å². The summed E-state index contributed by atoms with van der Waals surface area (Å²) >= 11 is 0. The van der Waals surface area contributed by atoms with Crippen LogP contribution < -0.4 is 10.6 Å². The first-order chi connectivity index (χ1) is 16.1. The van der Waals surface area contributed by atoms with Gasteiger partial charge in [-0.2, -0.15) is 0 Å². The lowest BCUT2D eigenvalue weighted by Gasteiger charge is -2.42. The highest BCUT2D eigenvalue weighted by Crippen LogP contribution is 2.41. The van der Waals surface area contributed by atoms with Crippen molar-refractivity contribution in [2.75, 3.05) is 26.7 Å². The smallest absolute Gasteiger partial charge is 0.318 e. The summed E-state index contributed by atoms with van der Waals surface area (Å²) in [5.41, 5.74) is 2.50. The average Bonchev–Trinajstić information content (AvgIpc) is 3.75. The maximum absolute atomic E-state index is 13.3. The molecule has 0 unspecified atom stereocenters. The molecule has 1 aliphatic heterocycles. The molecule has 4 amide bonds. The zero-order valence-corrected chi connectivity index (χ0v) is 19.3. The third kappa shape index (κ3) is 4.93. The van der Waals surface area contributed by atoms with Crippen LogP contribution in [0, 0.1) is 5.92 Å². The molecular formula is C26H34N4O3. The summed E-state index contributed by atoms with van der Waals surface area (Å²) in [6.07, 6.45) is 5.27. The summed E-state index contributed by atoms with van der Waals surface area (Å²) in [7, 11) is 1.61. The molecule has 7 heteroatoms. The number of fused-ring (bicyclic) bond motifs is 1. The highest BCUT2D eigenvalue weighted by atomic mass is 16.3. The van der Waals surface area contributed by atoms with Crippen LogP contribution in [-0.2, 0) is 6.54 Å². The van der Waals surface area contributed by atoms with Crippen molar-refractivity contribution >= 4 is 22.8 Å². The first-order valence-corrected chi connectivity index (χ1v) is 12.2. The fourth-order valence-corrected chi connectivity index (χ4v) is 5.18. The molecule has 0 bridgehead atoms. The van der Waals surface area contributed by atoms with Crippen molar-refractivity contribution in [1.29, 1.82) is 0 Å². The lowest BCUT2D eigenvalue weighted by molar-refractivity contribution is 0.0690. The molecule has 3 aliphatic rings. The molecule has 5 rings (SSSR count). The van der Waals surface area contributed by atoms with Gasteiger partial charge in [0.25, 0.3) is 0 Å². The van der Waals surface area contributed by atoms with Crippen molar-refractivity contribution in [3.8, 4) is 0 Å². The minimum atomic E-state index is -0.156. The topological polar surface area (TPSA) is 84.9 Å². The maximum atomic E-state index is 13.3.